The maximum Gasteiger partial charge on any atom is 0.0923 e. The minimum absolute atomic E-state index is 0.690. The van der Waals surface area contributed by atoms with Crippen LogP contribution in [0.5, 0.6) is 0 Å². The monoisotopic (exact) mass is 262 g/mol. The van der Waals surface area contributed by atoms with Crippen molar-refractivity contribution in [3.8, 4) is 0 Å². The summed E-state index contributed by atoms with van der Waals surface area (Å²) in [6.45, 7) is 1.46. The molecule has 0 saturated heterocycles. The third kappa shape index (κ3) is 4.20. The smallest absolute Gasteiger partial charge is 0.0923 e. The van der Waals surface area contributed by atoms with Gasteiger partial charge in [-0.1, -0.05) is 12.1 Å². The number of ether oxygens (including phenoxy) is 1. The molecule has 3 nitrogen and oxygen atoms in total. The minimum atomic E-state index is 0.690. The summed E-state index contributed by atoms with van der Waals surface area (Å²) in [5.74, 6) is 0. The van der Waals surface area contributed by atoms with Gasteiger partial charge in [0.15, 0.2) is 0 Å². The summed E-state index contributed by atoms with van der Waals surface area (Å²) in [6.07, 6.45) is 7.70. The summed E-state index contributed by atoms with van der Waals surface area (Å²) in [5, 5.41) is 0. The number of nitrogens with zero attached hydrogens (tertiary/aromatic N) is 1. The molecule has 18 heavy (non-hydrogen) atoms. The molecule has 0 aliphatic heterocycles. The van der Waals surface area contributed by atoms with Crippen LogP contribution in [0.1, 0.15) is 17.7 Å². The second kappa shape index (κ2) is 7.24. The molecule has 0 saturated carbocycles. The number of rotatable bonds is 7. The quantitative estimate of drug-likeness (QED) is 0.614. The van der Waals surface area contributed by atoms with Crippen LogP contribution in [0, 0.1) is 0 Å². The molecular formula is C14H18N2OS. The van der Waals surface area contributed by atoms with Crippen LogP contribution in [0.4, 0.5) is 0 Å². The predicted molar refractivity (Wildman–Crippen MR) is 74.8 cm³/mol. The molecule has 0 spiro atoms. The van der Waals surface area contributed by atoms with Crippen LogP contribution in [-0.4, -0.2) is 22.8 Å². The molecule has 2 aromatic rings. The number of thioether (sulfide) groups is 1. The van der Waals surface area contributed by atoms with E-state index >= 15 is 0 Å². The number of hydrogen-bond acceptors (Lipinski definition) is 3. The first-order chi connectivity index (χ1) is 8.88. The average Bonchev–Trinajstić information content (AvgIpc) is 2.92. The molecule has 4 heteroatoms. The van der Waals surface area contributed by atoms with Crippen molar-refractivity contribution in [1.29, 1.82) is 0 Å². The number of aryl methyl sites for hydroxylation is 1. The Morgan fingerprint density at radius 2 is 2.11 bits per heavy atom. The van der Waals surface area contributed by atoms with Gasteiger partial charge in [0.25, 0.3) is 0 Å². The molecule has 0 radical (unpaired) electrons. The van der Waals surface area contributed by atoms with Crippen molar-refractivity contribution in [2.75, 3.05) is 12.9 Å². The topological polar surface area (TPSA) is 37.9 Å². The number of H-pyrrole nitrogens is 1. The molecule has 0 amide bonds. The lowest BCUT2D eigenvalue weighted by molar-refractivity contribution is 0.118. The van der Waals surface area contributed by atoms with Gasteiger partial charge in [0.2, 0.25) is 0 Å². The fourth-order valence-electron chi connectivity index (χ4n) is 1.69. The van der Waals surface area contributed by atoms with E-state index in [-0.39, 0.29) is 0 Å². The zero-order chi connectivity index (χ0) is 12.6. The molecule has 0 aliphatic rings. The van der Waals surface area contributed by atoms with Crippen LogP contribution in [0.3, 0.4) is 0 Å². The summed E-state index contributed by atoms with van der Waals surface area (Å²) in [5.41, 5.74) is 2.33. The van der Waals surface area contributed by atoms with Crippen molar-refractivity contribution in [3.05, 3.63) is 48.0 Å². The van der Waals surface area contributed by atoms with E-state index in [1.165, 1.54) is 10.5 Å². The first-order valence-corrected chi connectivity index (χ1v) is 7.29. The van der Waals surface area contributed by atoms with Crippen LogP contribution in [0.15, 0.2) is 41.7 Å². The summed E-state index contributed by atoms with van der Waals surface area (Å²) in [7, 11) is 0. The zero-order valence-electron chi connectivity index (χ0n) is 10.6. The summed E-state index contributed by atoms with van der Waals surface area (Å²) in [6, 6.07) is 8.51. The Morgan fingerprint density at radius 3 is 2.78 bits per heavy atom. The van der Waals surface area contributed by atoms with Crippen LogP contribution in [0.2, 0.25) is 0 Å². The summed E-state index contributed by atoms with van der Waals surface area (Å²) < 4.78 is 5.65. The molecule has 0 bridgehead atoms. The predicted octanol–water partition coefficient (Wildman–Crippen LogP) is 3.28. The molecule has 0 fully saturated rings. The van der Waals surface area contributed by atoms with Crippen molar-refractivity contribution >= 4 is 11.8 Å². The molecule has 1 N–H and O–H groups in total. The van der Waals surface area contributed by atoms with E-state index in [0.717, 1.165) is 25.1 Å². The third-order valence-corrected chi connectivity index (χ3v) is 3.45. The van der Waals surface area contributed by atoms with Gasteiger partial charge in [-0.3, -0.25) is 0 Å². The molecule has 0 atom stereocenters. The van der Waals surface area contributed by atoms with E-state index in [1.807, 2.05) is 6.20 Å². The van der Waals surface area contributed by atoms with Crippen LogP contribution >= 0.6 is 11.8 Å². The van der Waals surface area contributed by atoms with E-state index in [1.54, 1.807) is 18.1 Å². The Balaban J connectivity index is 1.62. The molecule has 1 aromatic heterocycles. The zero-order valence-corrected chi connectivity index (χ0v) is 11.4. The van der Waals surface area contributed by atoms with Gasteiger partial charge in [-0.15, -0.1) is 11.8 Å². The SMILES string of the molecule is CSc1ccc(COCCCc2c[nH]cn2)cc1. The number of hydrogen-bond donors (Lipinski definition) is 1. The summed E-state index contributed by atoms with van der Waals surface area (Å²) >= 11 is 1.76. The Hall–Kier alpha value is -1.26. The molecule has 0 aliphatic carbocycles. The Bertz CT molecular complexity index is 439. The minimum Gasteiger partial charge on any atom is -0.377 e. The van der Waals surface area contributed by atoms with Crippen molar-refractivity contribution < 1.29 is 4.74 Å². The molecule has 1 heterocycles. The fourth-order valence-corrected chi connectivity index (χ4v) is 2.10. The van der Waals surface area contributed by atoms with Crippen molar-refractivity contribution in [2.45, 2.75) is 24.3 Å². The van der Waals surface area contributed by atoms with E-state index < -0.39 is 0 Å². The maximum atomic E-state index is 5.65. The highest BCUT2D eigenvalue weighted by Gasteiger charge is 1.97. The van der Waals surface area contributed by atoms with Gasteiger partial charge >= 0.3 is 0 Å². The van der Waals surface area contributed by atoms with E-state index in [4.69, 9.17) is 4.74 Å². The van der Waals surface area contributed by atoms with E-state index in [0.29, 0.717) is 6.61 Å². The molecule has 1 aromatic carbocycles. The standard InChI is InChI=1S/C14H18N2OS/c1-18-14-6-4-12(5-7-14)10-17-8-2-3-13-9-15-11-16-13/h4-7,9,11H,2-3,8,10H2,1H3,(H,15,16). The van der Waals surface area contributed by atoms with E-state index in [9.17, 15) is 0 Å². The lowest BCUT2D eigenvalue weighted by atomic mass is 10.2. The number of nitrogens with one attached hydrogen (secondary N) is 1. The molecule has 96 valence electrons. The summed E-state index contributed by atoms with van der Waals surface area (Å²) in [4.78, 5) is 8.42. The molecule has 0 unspecified atom stereocenters. The van der Waals surface area contributed by atoms with Crippen LogP contribution in [0.25, 0.3) is 0 Å². The van der Waals surface area contributed by atoms with Crippen molar-refractivity contribution in [2.24, 2.45) is 0 Å². The second-order valence-electron chi connectivity index (χ2n) is 4.06. The first kappa shape index (κ1) is 13.2. The van der Waals surface area contributed by atoms with Crippen LogP contribution < -0.4 is 0 Å². The van der Waals surface area contributed by atoms with Gasteiger partial charge < -0.3 is 9.72 Å². The normalized spacial score (nSPS) is 10.7. The second-order valence-corrected chi connectivity index (χ2v) is 4.94. The maximum absolute atomic E-state index is 5.65. The van der Waals surface area contributed by atoms with Crippen LogP contribution in [-0.2, 0) is 17.8 Å². The highest BCUT2D eigenvalue weighted by Crippen LogP contribution is 2.15. The Kier molecular flexibility index (Phi) is 5.30. The first-order valence-electron chi connectivity index (χ1n) is 6.07. The van der Waals surface area contributed by atoms with Gasteiger partial charge in [-0.25, -0.2) is 4.98 Å². The Labute approximate surface area is 112 Å². The third-order valence-electron chi connectivity index (χ3n) is 2.70. The largest absolute Gasteiger partial charge is 0.377 e. The van der Waals surface area contributed by atoms with Gasteiger partial charge in [0.05, 0.1) is 18.6 Å². The van der Waals surface area contributed by atoms with Crippen molar-refractivity contribution in [3.63, 3.8) is 0 Å². The highest BCUT2D eigenvalue weighted by atomic mass is 32.2. The van der Waals surface area contributed by atoms with Gasteiger partial charge in [-0.2, -0.15) is 0 Å². The van der Waals surface area contributed by atoms with Gasteiger partial charge in [0, 0.05) is 17.7 Å². The molecular weight excluding hydrogens is 244 g/mol. The number of aromatic nitrogens is 2. The number of benzene rings is 1. The number of imidazole rings is 1. The van der Waals surface area contributed by atoms with Crippen molar-refractivity contribution in [1.82, 2.24) is 9.97 Å². The number of aromatic amines is 1. The van der Waals surface area contributed by atoms with E-state index in [2.05, 4.69) is 40.5 Å². The van der Waals surface area contributed by atoms with Gasteiger partial charge in [0.1, 0.15) is 0 Å². The lowest BCUT2D eigenvalue weighted by Crippen LogP contribution is -1.97. The Morgan fingerprint density at radius 1 is 1.28 bits per heavy atom. The average molecular weight is 262 g/mol. The molecule has 2 rings (SSSR count). The fraction of sp³-hybridized carbons (Fsp3) is 0.357. The van der Waals surface area contributed by atoms with Gasteiger partial charge in [-0.05, 0) is 36.8 Å². The highest BCUT2D eigenvalue weighted by molar-refractivity contribution is 7.98. The lowest BCUT2D eigenvalue weighted by Gasteiger charge is -2.04.